The molecule has 2 aliphatic rings. The molecule has 5 rings (SSSR count). The number of hydrogen-bond acceptors (Lipinski definition) is 7. The minimum Gasteiger partial charge on any atom is -0.507 e. The summed E-state index contributed by atoms with van der Waals surface area (Å²) in [5.41, 5.74) is 1.70. The monoisotopic (exact) mass is 451 g/mol. The maximum Gasteiger partial charge on any atom is 0.301 e. The Kier molecular flexibility index (Phi) is 4.78. The van der Waals surface area contributed by atoms with Crippen LogP contribution in [0.4, 0.5) is 9.52 Å². The van der Waals surface area contributed by atoms with E-state index in [9.17, 15) is 19.1 Å². The summed E-state index contributed by atoms with van der Waals surface area (Å²) in [6.45, 7) is 3.68. The molecule has 32 heavy (non-hydrogen) atoms. The standard InChI is InChI=1S/C23H18FN3O4S/c1-11-9-15-10-14(5-8-17(15)31-11)20(28)18-19(13-3-6-16(24)7-4-13)27(22(30)21(18)29)23-26-25-12(2)32-23/h3-8,10-11,19,28H,9H2,1-2H3/b20-18+/t11-,19-/m1/s1. The largest absolute Gasteiger partial charge is 0.507 e. The summed E-state index contributed by atoms with van der Waals surface area (Å²) < 4.78 is 19.3. The fraction of sp³-hybridized carbons (Fsp3) is 0.217. The van der Waals surface area contributed by atoms with Crippen LogP contribution in [0.15, 0.2) is 48.0 Å². The number of benzene rings is 2. The lowest BCUT2D eigenvalue weighted by Gasteiger charge is -2.22. The van der Waals surface area contributed by atoms with Crippen molar-refractivity contribution in [1.82, 2.24) is 10.2 Å². The first kappa shape index (κ1) is 20.3. The topological polar surface area (TPSA) is 92.6 Å². The first-order valence-electron chi connectivity index (χ1n) is 10.00. The van der Waals surface area contributed by atoms with Crippen molar-refractivity contribution in [2.24, 2.45) is 0 Å². The number of halogens is 1. The Hall–Kier alpha value is -3.59. The van der Waals surface area contributed by atoms with Gasteiger partial charge in [-0.15, -0.1) is 10.2 Å². The van der Waals surface area contributed by atoms with Gasteiger partial charge in [0.25, 0.3) is 5.78 Å². The molecule has 1 saturated heterocycles. The Labute approximate surface area is 186 Å². The van der Waals surface area contributed by atoms with E-state index in [1.165, 1.54) is 29.2 Å². The molecule has 3 aromatic rings. The number of aryl methyl sites for hydroxylation is 1. The van der Waals surface area contributed by atoms with Crippen molar-refractivity contribution >= 4 is 33.9 Å². The van der Waals surface area contributed by atoms with Gasteiger partial charge in [-0.3, -0.25) is 14.5 Å². The second kappa shape index (κ2) is 7.52. The van der Waals surface area contributed by atoms with Gasteiger partial charge in [0.1, 0.15) is 28.4 Å². The molecule has 3 heterocycles. The number of nitrogens with zero attached hydrogens (tertiary/aromatic N) is 3. The highest BCUT2D eigenvalue weighted by Crippen LogP contribution is 2.43. The predicted octanol–water partition coefficient (Wildman–Crippen LogP) is 3.94. The molecule has 0 unspecified atom stereocenters. The quantitative estimate of drug-likeness (QED) is 0.368. The fourth-order valence-electron chi connectivity index (χ4n) is 4.10. The Morgan fingerprint density at radius 1 is 1.19 bits per heavy atom. The normalized spacial score (nSPS) is 21.7. The third-order valence-corrected chi connectivity index (χ3v) is 6.36. The van der Waals surface area contributed by atoms with Gasteiger partial charge < -0.3 is 9.84 Å². The van der Waals surface area contributed by atoms with Crippen LogP contribution in [0.25, 0.3) is 5.76 Å². The lowest BCUT2D eigenvalue weighted by molar-refractivity contribution is -0.132. The van der Waals surface area contributed by atoms with Gasteiger partial charge in [-0.05, 0) is 55.3 Å². The number of anilines is 1. The van der Waals surface area contributed by atoms with Gasteiger partial charge in [0.05, 0.1) is 11.6 Å². The highest BCUT2D eigenvalue weighted by atomic mass is 32.1. The van der Waals surface area contributed by atoms with Crippen LogP contribution in [0.2, 0.25) is 0 Å². The van der Waals surface area contributed by atoms with E-state index in [1.54, 1.807) is 25.1 Å². The van der Waals surface area contributed by atoms with Crippen molar-refractivity contribution in [3.8, 4) is 5.75 Å². The number of aromatic nitrogens is 2. The molecule has 1 amide bonds. The molecule has 0 saturated carbocycles. The Bertz CT molecular complexity index is 1280. The lowest BCUT2D eigenvalue weighted by atomic mass is 9.94. The molecular weight excluding hydrogens is 433 g/mol. The number of rotatable bonds is 3. The number of carbonyl (C=O) groups is 2. The van der Waals surface area contributed by atoms with Crippen molar-refractivity contribution in [3.63, 3.8) is 0 Å². The van der Waals surface area contributed by atoms with Gasteiger partial charge >= 0.3 is 5.91 Å². The molecule has 7 nitrogen and oxygen atoms in total. The Morgan fingerprint density at radius 3 is 2.62 bits per heavy atom. The molecule has 162 valence electrons. The van der Waals surface area contributed by atoms with Crippen molar-refractivity contribution in [3.05, 3.63) is 75.6 Å². The third kappa shape index (κ3) is 3.25. The Morgan fingerprint density at radius 2 is 1.94 bits per heavy atom. The van der Waals surface area contributed by atoms with Crippen LogP contribution < -0.4 is 9.64 Å². The molecule has 0 bridgehead atoms. The van der Waals surface area contributed by atoms with Crippen LogP contribution in [0.3, 0.4) is 0 Å². The molecule has 0 radical (unpaired) electrons. The summed E-state index contributed by atoms with van der Waals surface area (Å²) in [4.78, 5) is 27.3. The molecule has 0 spiro atoms. The van der Waals surface area contributed by atoms with Crippen LogP contribution in [0.5, 0.6) is 5.75 Å². The number of carbonyl (C=O) groups excluding carboxylic acids is 2. The number of fused-ring (bicyclic) bond motifs is 1. The molecule has 2 aromatic carbocycles. The van der Waals surface area contributed by atoms with Crippen LogP contribution in [0.1, 0.15) is 34.7 Å². The van der Waals surface area contributed by atoms with Crippen LogP contribution >= 0.6 is 11.3 Å². The van der Waals surface area contributed by atoms with E-state index in [2.05, 4.69) is 10.2 Å². The van der Waals surface area contributed by atoms with Crippen LogP contribution in [-0.4, -0.2) is 33.1 Å². The predicted molar refractivity (Wildman–Crippen MR) is 116 cm³/mol. The summed E-state index contributed by atoms with van der Waals surface area (Å²) in [5, 5.41) is 20.0. The zero-order chi connectivity index (χ0) is 22.6. The van der Waals surface area contributed by atoms with E-state index in [-0.39, 0.29) is 22.6 Å². The maximum atomic E-state index is 13.6. The van der Waals surface area contributed by atoms with Crippen molar-refractivity contribution < 1.29 is 23.8 Å². The molecule has 9 heteroatoms. The summed E-state index contributed by atoms with van der Waals surface area (Å²) in [7, 11) is 0. The van der Waals surface area contributed by atoms with Gasteiger partial charge in [-0.2, -0.15) is 0 Å². The number of aliphatic hydroxyl groups excluding tert-OH is 1. The zero-order valence-corrected chi connectivity index (χ0v) is 18.0. The fourth-order valence-corrected chi connectivity index (χ4v) is 4.81. The smallest absolute Gasteiger partial charge is 0.301 e. The minimum atomic E-state index is -0.966. The highest BCUT2D eigenvalue weighted by Gasteiger charge is 2.48. The molecule has 2 aliphatic heterocycles. The molecule has 0 aliphatic carbocycles. The number of aliphatic hydroxyl groups is 1. The molecule has 1 fully saturated rings. The van der Waals surface area contributed by atoms with Crippen molar-refractivity contribution in [1.29, 1.82) is 0 Å². The SMILES string of the molecule is Cc1nnc(N2C(=O)C(=O)/C(=C(/O)c3ccc4c(c3)C[C@@H](C)O4)[C@H]2c2ccc(F)cc2)s1. The summed E-state index contributed by atoms with van der Waals surface area (Å²) >= 11 is 1.15. The van der Waals surface area contributed by atoms with E-state index in [1.807, 2.05) is 6.92 Å². The number of Topliss-reactive ketones (excluding diaryl/α,β-unsaturated/α-hetero) is 1. The first-order chi connectivity index (χ1) is 15.3. The summed E-state index contributed by atoms with van der Waals surface area (Å²) in [6, 6.07) is 9.64. The van der Waals surface area contributed by atoms with E-state index in [0.717, 1.165) is 22.6 Å². The average Bonchev–Trinajstić information content (AvgIpc) is 3.43. The Balaban J connectivity index is 1.68. The van der Waals surface area contributed by atoms with E-state index >= 15 is 0 Å². The molecular formula is C23H18FN3O4S. The van der Waals surface area contributed by atoms with E-state index in [4.69, 9.17) is 4.74 Å². The molecule has 2 atom stereocenters. The van der Waals surface area contributed by atoms with Crippen molar-refractivity contribution in [2.45, 2.75) is 32.4 Å². The highest BCUT2D eigenvalue weighted by molar-refractivity contribution is 7.15. The van der Waals surface area contributed by atoms with Gasteiger partial charge in [-0.1, -0.05) is 23.5 Å². The van der Waals surface area contributed by atoms with E-state index in [0.29, 0.717) is 22.6 Å². The first-order valence-corrected chi connectivity index (χ1v) is 10.8. The van der Waals surface area contributed by atoms with Crippen LogP contribution in [-0.2, 0) is 16.0 Å². The third-order valence-electron chi connectivity index (χ3n) is 5.52. The second-order valence-corrected chi connectivity index (χ2v) is 8.94. The number of amides is 1. The number of ketones is 1. The van der Waals surface area contributed by atoms with Crippen molar-refractivity contribution in [2.75, 3.05) is 4.90 Å². The average molecular weight is 451 g/mol. The summed E-state index contributed by atoms with van der Waals surface area (Å²) in [6.07, 6.45) is 0.698. The number of ether oxygens (including phenoxy) is 1. The van der Waals surface area contributed by atoms with Gasteiger partial charge in [0, 0.05) is 12.0 Å². The number of hydrogen-bond donors (Lipinski definition) is 1. The van der Waals surface area contributed by atoms with Gasteiger partial charge in [0.2, 0.25) is 5.13 Å². The molecule has 1 aromatic heterocycles. The zero-order valence-electron chi connectivity index (χ0n) is 17.2. The maximum absolute atomic E-state index is 13.6. The van der Waals surface area contributed by atoms with Crippen LogP contribution in [0, 0.1) is 12.7 Å². The molecule has 1 N–H and O–H groups in total. The van der Waals surface area contributed by atoms with Gasteiger partial charge in [-0.25, -0.2) is 4.39 Å². The second-order valence-electron chi connectivity index (χ2n) is 7.78. The van der Waals surface area contributed by atoms with Gasteiger partial charge in [0.15, 0.2) is 0 Å². The lowest BCUT2D eigenvalue weighted by Crippen LogP contribution is -2.29. The minimum absolute atomic E-state index is 0.0211. The van der Waals surface area contributed by atoms with E-state index < -0.39 is 23.5 Å². The summed E-state index contributed by atoms with van der Waals surface area (Å²) in [5.74, 6) is -1.69.